The van der Waals surface area contributed by atoms with Crippen LogP contribution in [0.1, 0.15) is 30.7 Å². The van der Waals surface area contributed by atoms with Crippen LogP contribution in [0.2, 0.25) is 0 Å². The molecule has 1 N–H and O–H groups in total. The molecule has 0 aromatic carbocycles. The van der Waals surface area contributed by atoms with E-state index in [-0.39, 0.29) is 5.92 Å². The average molecular weight is 312 g/mol. The van der Waals surface area contributed by atoms with E-state index < -0.39 is 0 Å². The van der Waals surface area contributed by atoms with Gasteiger partial charge in [0.2, 0.25) is 11.8 Å². The lowest BCUT2D eigenvalue weighted by Crippen LogP contribution is -2.41. The highest BCUT2D eigenvalue weighted by Crippen LogP contribution is 2.30. The second-order valence-electron chi connectivity index (χ2n) is 6.24. The number of aromatic amines is 1. The first-order valence-corrected chi connectivity index (χ1v) is 8.11. The Balaban J connectivity index is 1.53. The number of H-pyrrole nitrogens is 1. The summed E-state index contributed by atoms with van der Waals surface area (Å²) in [7, 11) is 1.60. The van der Waals surface area contributed by atoms with Crippen molar-refractivity contribution in [2.24, 2.45) is 5.92 Å². The largest absolute Gasteiger partial charge is 0.481 e. The lowest BCUT2D eigenvalue weighted by Gasteiger charge is -2.33. The van der Waals surface area contributed by atoms with E-state index in [1.807, 2.05) is 17.0 Å². The molecule has 1 aliphatic heterocycles. The lowest BCUT2D eigenvalue weighted by molar-refractivity contribution is -0.139. The van der Waals surface area contributed by atoms with Crippen molar-refractivity contribution in [1.29, 1.82) is 0 Å². The highest BCUT2D eigenvalue weighted by atomic mass is 16.5. The van der Waals surface area contributed by atoms with Crippen LogP contribution in [0.4, 0.5) is 0 Å². The molecule has 4 rings (SSSR count). The van der Waals surface area contributed by atoms with Crippen molar-refractivity contribution >= 4 is 5.91 Å². The Bertz CT molecular complexity index is 719. The normalized spacial score (nSPS) is 17.5. The quantitative estimate of drug-likeness (QED) is 0.943. The molecule has 0 atom stereocenters. The number of carbonyl (C=O) groups is 1. The Hall–Kier alpha value is -2.37. The summed E-state index contributed by atoms with van der Waals surface area (Å²) in [5.74, 6) is 1.96. The number of pyridine rings is 1. The van der Waals surface area contributed by atoms with Crippen LogP contribution in [-0.2, 0) is 17.8 Å². The molecule has 1 aliphatic carbocycles. The minimum atomic E-state index is 0.254. The monoisotopic (exact) mass is 312 g/mol. The van der Waals surface area contributed by atoms with Crippen molar-refractivity contribution < 1.29 is 9.53 Å². The molecule has 1 saturated carbocycles. The number of rotatable bonds is 3. The van der Waals surface area contributed by atoms with Crippen molar-refractivity contribution in [2.75, 3.05) is 13.7 Å². The van der Waals surface area contributed by atoms with Gasteiger partial charge in [-0.3, -0.25) is 4.79 Å². The molecule has 3 heterocycles. The van der Waals surface area contributed by atoms with Gasteiger partial charge in [0.15, 0.2) is 0 Å². The van der Waals surface area contributed by atoms with Crippen LogP contribution < -0.4 is 4.74 Å². The second kappa shape index (κ2) is 5.68. The third-order valence-corrected chi connectivity index (χ3v) is 4.82. The van der Waals surface area contributed by atoms with Crippen LogP contribution in [0.5, 0.6) is 5.88 Å². The lowest BCUT2D eigenvalue weighted by atomic mass is 9.84. The molecule has 6 nitrogen and oxygen atoms in total. The smallest absolute Gasteiger partial charge is 0.226 e. The Morgan fingerprint density at radius 2 is 2.26 bits per heavy atom. The van der Waals surface area contributed by atoms with Gasteiger partial charge in [-0.1, -0.05) is 6.42 Å². The third kappa shape index (κ3) is 2.58. The van der Waals surface area contributed by atoms with Crippen molar-refractivity contribution in [2.45, 2.75) is 32.2 Å². The molecule has 0 unspecified atom stereocenters. The number of nitrogens with zero attached hydrogens (tertiary/aromatic N) is 3. The van der Waals surface area contributed by atoms with E-state index >= 15 is 0 Å². The molecule has 6 heteroatoms. The summed E-state index contributed by atoms with van der Waals surface area (Å²) in [6.07, 6.45) is 5.85. The van der Waals surface area contributed by atoms with Gasteiger partial charge < -0.3 is 14.6 Å². The third-order valence-electron chi connectivity index (χ3n) is 4.82. The van der Waals surface area contributed by atoms with Crippen molar-refractivity contribution in [3.05, 3.63) is 29.7 Å². The highest BCUT2D eigenvalue weighted by Gasteiger charge is 2.32. The Morgan fingerprint density at radius 1 is 1.39 bits per heavy atom. The van der Waals surface area contributed by atoms with Crippen LogP contribution in [0, 0.1) is 5.92 Å². The van der Waals surface area contributed by atoms with Gasteiger partial charge in [-0.25, -0.2) is 9.97 Å². The molecule has 23 heavy (non-hydrogen) atoms. The first kappa shape index (κ1) is 14.2. The molecule has 2 aromatic rings. The average Bonchev–Trinajstić information content (AvgIpc) is 2.96. The molecule has 2 aliphatic rings. The first-order chi connectivity index (χ1) is 11.2. The van der Waals surface area contributed by atoms with Crippen molar-refractivity contribution in [3.8, 4) is 17.3 Å². The second-order valence-corrected chi connectivity index (χ2v) is 6.24. The Morgan fingerprint density at radius 3 is 2.91 bits per heavy atom. The van der Waals surface area contributed by atoms with E-state index in [0.717, 1.165) is 48.6 Å². The zero-order chi connectivity index (χ0) is 15.8. The van der Waals surface area contributed by atoms with Gasteiger partial charge >= 0.3 is 0 Å². The van der Waals surface area contributed by atoms with E-state index in [1.165, 1.54) is 6.42 Å². The SMILES string of the molecule is COc1ccc(-c2nc3c([nH]2)CN(C(=O)C2CCC2)CC3)cn1. The summed E-state index contributed by atoms with van der Waals surface area (Å²) in [5, 5.41) is 0. The van der Waals surface area contributed by atoms with Gasteiger partial charge in [-0.2, -0.15) is 0 Å². The fourth-order valence-electron chi connectivity index (χ4n) is 3.17. The highest BCUT2D eigenvalue weighted by molar-refractivity contribution is 5.79. The Labute approximate surface area is 134 Å². The van der Waals surface area contributed by atoms with Gasteiger partial charge in [0.05, 0.1) is 25.0 Å². The first-order valence-electron chi connectivity index (χ1n) is 8.11. The molecule has 1 amide bonds. The predicted octanol–water partition coefficient (Wildman–Crippen LogP) is 2.17. The van der Waals surface area contributed by atoms with E-state index in [4.69, 9.17) is 4.74 Å². The summed E-state index contributed by atoms with van der Waals surface area (Å²) in [4.78, 5) is 26.6. The zero-order valence-corrected chi connectivity index (χ0v) is 13.2. The van der Waals surface area contributed by atoms with Gasteiger partial charge in [-0.05, 0) is 18.9 Å². The van der Waals surface area contributed by atoms with Crippen LogP contribution in [-0.4, -0.2) is 39.4 Å². The number of imidazole rings is 1. The zero-order valence-electron chi connectivity index (χ0n) is 13.2. The summed E-state index contributed by atoms with van der Waals surface area (Å²) < 4.78 is 5.08. The predicted molar refractivity (Wildman–Crippen MR) is 84.8 cm³/mol. The number of aromatic nitrogens is 3. The van der Waals surface area contributed by atoms with Gasteiger partial charge in [0.1, 0.15) is 5.82 Å². The molecule has 2 aromatic heterocycles. The van der Waals surface area contributed by atoms with Crippen LogP contribution >= 0.6 is 0 Å². The summed E-state index contributed by atoms with van der Waals surface area (Å²) in [5.41, 5.74) is 3.04. The minimum Gasteiger partial charge on any atom is -0.481 e. The van der Waals surface area contributed by atoms with E-state index in [9.17, 15) is 4.79 Å². The maximum atomic E-state index is 12.4. The topological polar surface area (TPSA) is 71.1 Å². The summed E-state index contributed by atoms with van der Waals surface area (Å²) in [6, 6.07) is 3.76. The maximum absolute atomic E-state index is 12.4. The fraction of sp³-hybridized carbons (Fsp3) is 0.471. The number of hydrogen-bond acceptors (Lipinski definition) is 4. The number of fused-ring (bicyclic) bond motifs is 1. The number of carbonyl (C=O) groups excluding carboxylic acids is 1. The molecule has 0 saturated heterocycles. The number of nitrogens with one attached hydrogen (secondary N) is 1. The van der Waals surface area contributed by atoms with Gasteiger partial charge in [-0.15, -0.1) is 0 Å². The molecule has 0 bridgehead atoms. The molecule has 0 spiro atoms. The molecule has 120 valence electrons. The molecular formula is C17H20N4O2. The van der Waals surface area contributed by atoms with E-state index in [1.54, 1.807) is 13.3 Å². The van der Waals surface area contributed by atoms with Crippen LogP contribution in [0.3, 0.4) is 0 Å². The van der Waals surface area contributed by atoms with Crippen molar-refractivity contribution in [1.82, 2.24) is 19.9 Å². The molecule has 1 fully saturated rings. The summed E-state index contributed by atoms with van der Waals surface area (Å²) in [6.45, 7) is 1.41. The van der Waals surface area contributed by atoms with E-state index in [2.05, 4.69) is 15.0 Å². The van der Waals surface area contributed by atoms with Crippen LogP contribution in [0.25, 0.3) is 11.4 Å². The standard InChI is InChI=1S/C17H20N4O2/c1-23-15-6-5-12(9-18-15)16-19-13-7-8-21(10-14(13)20-16)17(22)11-3-2-4-11/h5-6,9,11H,2-4,7-8,10H2,1H3,(H,19,20). The number of ether oxygens (including phenoxy) is 1. The summed E-state index contributed by atoms with van der Waals surface area (Å²) >= 11 is 0. The maximum Gasteiger partial charge on any atom is 0.226 e. The number of amides is 1. The molecular weight excluding hydrogens is 292 g/mol. The Kier molecular flexibility index (Phi) is 3.52. The van der Waals surface area contributed by atoms with Crippen LogP contribution in [0.15, 0.2) is 18.3 Å². The number of hydrogen-bond donors (Lipinski definition) is 1. The van der Waals surface area contributed by atoms with Gasteiger partial charge in [0.25, 0.3) is 0 Å². The fourth-order valence-corrected chi connectivity index (χ4v) is 3.17. The number of methoxy groups -OCH3 is 1. The minimum absolute atomic E-state index is 0.254. The molecule has 0 radical (unpaired) electrons. The van der Waals surface area contributed by atoms with Crippen molar-refractivity contribution in [3.63, 3.8) is 0 Å². The van der Waals surface area contributed by atoms with E-state index in [0.29, 0.717) is 18.3 Å². The van der Waals surface area contributed by atoms with Gasteiger partial charge in [0, 0.05) is 36.7 Å².